The molecule has 0 bridgehead atoms. The highest BCUT2D eigenvalue weighted by Gasteiger charge is 2.20. The molecule has 0 spiro atoms. The van der Waals surface area contributed by atoms with Gasteiger partial charge >= 0.3 is 5.97 Å². The van der Waals surface area contributed by atoms with Crippen LogP contribution in [-0.4, -0.2) is 21.8 Å². The number of nitrogens with one attached hydrogen (secondary N) is 1. The first-order valence-corrected chi connectivity index (χ1v) is 6.83. The van der Waals surface area contributed by atoms with Crippen molar-refractivity contribution in [2.75, 3.05) is 5.32 Å². The Morgan fingerprint density at radius 2 is 1.95 bits per heavy atom. The number of Topliss-reactive ketones (excluding diaryl/α,β-unsaturated/α-hetero) is 1. The molecule has 5 nitrogen and oxygen atoms in total. The van der Waals surface area contributed by atoms with Crippen molar-refractivity contribution in [3.05, 3.63) is 46.0 Å². The number of ketones is 1. The number of hydrogen-bond acceptors (Lipinski definition) is 5. The summed E-state index contributed by atoms with van der Waals surface area (Å²) in [7, 11) is 0. The zero-order valence-corrected chi connectivity index (χ0v) is 12.0. The molecule has 0 aliphatic carbocycles. The van der Waals surface area contributed by atoms with E-state index in [1.165, 1.54) is 12.5 Å². The summed E-state index contributed by atoms with van der Waals surface area (Å²) in [5.74, 6) is -1.47. The molecule has 0 saturated carbocycles. The summed E-state index contributed by atoms with van der Waals surface area (Å²) in [6.45, 7) is 3.88. The maximum absolute atomic E-state index is 11.4. The van der Waals surface area contributed by atoms with Crippen LogP contribution in [0.4, 0.5) is 5.13 Å². The van der Waals surface area contributed by atoms with Gasteiger partial charge in [0.1, 0.15) is 4.88 Å². The number of aromatic carboxylic acids is 1. The largest absolute Gasteiger partial charge is 0.476 e. The van der Waals surface area contributed by atoms with Gasteiger partial charge in [-0.3, -0.25) is 4.79 Å². The highest BCUT2D eigenvalue weighted by Crippen LogP contribution is 2.24. The van der Waals surface area contributed by atoms with Gasteiger partial charge in [0.2, 0.25) is 0 Å². The van der Waals surface area contributed by atoms with Crippen LogP contribution in [0.15, 0.2) is 24.3 Å². The van der Waals surface area contributed by atoms with E-state index in [1.54, 1.807) is 0 Å². The molecule has 2 N–H and O–H groups in total. The van der Waals surface area contributed by atoms with E-state index >= 15 is 0 Å². The van der Waals surface area contributed by atoms with E-state index in [0.717, 1.165) is 16.9 Å². The van der Waals surface area contributed by atoms with E-state index in [2.05, 4.69) is 10.3 Å². The number of aryl methyl sites for hydroxylation is 1. The highest BCUT2D eigenvalue weighted by atomic mass is 32.1. The number of carbonyl (C=O) groups is 2. The summed E-state index contributed by atoms with van der Waals surface area (Å²) in [6, 6.07) is 7.98. The lowest BCUT2D eigenvalue weighted by Gasteiger charge is -2.02. The molecule has 0 unspecified atom stereocenters. The molecule has 0 atom stereocenters. The van der Waals surface area contributed by atoms with Crippen LogP contribution in [0, 0.1) is 6.92 Å². The summed E-state index contributed by atoms with van der Waals surface area (Å²) >= 11 is 1.07. The van der Waals surface area contributed by atoms with Gasteiger partial charge < -0.3 is 10.4 Å². The van der Waals surface area contributed by atoms with Crippen molar-refractivity contribution < 1.29 is 14.7 Å². The van der Waals surface area contributed by atoms with Crippen molar-refractivity contribution >= 4 is 28.2 Å². The van der Waals surface area contributed by atoms with E-state index in [1.807, 2.05) is 31.2 Å². The lowest BCUT2D eigenvalue weighted by Crippen LogP contribution is -2.04. The number of carbonyl (C=O) groups excluding carboxylic acids is 1. The third-order valence-corrected chi connectivity index (χ3v) is 3.83. The van der Waals surface area contributed by atoms with Crippen LogP contribution in [0.5, 0.6) is 0 Å². The van der Waals surface area contributed by atoms with E-state index in [-0.39, 0.29) is 16.4 Å². The molecule has 2 aromatic rings. The van der Waals surface area contributed by atoms with Crippen molar-refractivity contribution in [1.82, 2.24) is 4.98 Å². The number of carboxylic acid groups (broad SMARTS) is 1. The third-order valence-electron chi connectivity index (χ3n) is 2.71. The first-order chi connectivity index (χ1) is 9.47. The fourth-order valence-electron chi connectivity index (χ4n) is 1.66. The summed E-state index contributed by atoms with van der Waals surface area (Å²) < 4.78 is 0. The Morgan fingerprint density at radius 3 is 2.45 bits per heavy atom. The number of benzene rings is 1. The minimum absolute atomic E-state index is 0.170. The Balaban J connectivity index is 2.14. The second-order valence-electron chi connectivity index (χ2n) is 4.40. The second kappa shape index (κ2) is 5.83. The predicted octanol–water partition coefficient (Wildman–Crippen LogP) is 2.96. The van der Waals surface area contributed by atoms with Gasteiger partial charge in [0.05, 0.1) is 0 Å². The smallest absolute Gasteiger partial charge is 0.356 e. The quantitative estimate of drug-likeness (QED) is 0.828. The molecule has 2 rings (SSSR count). The fraction of sp³-hybridized carbons (Fsp3) is 0.214. The molecule has 1 aromatic carbocycles. The molecule has 104 valence electrons. The molecule has 0 amide bonds. The molecule has 0 fully saturated rings. The molecule has 0 radical (unpaired) electrons. The maximum atomic E-state index is 11.4. The molecular weight excluding hydrogens is 276 g/mol. The van der Waals surface area contributed by atoms with E-state index in [4.69, 9.17) is 5.11 Å². The van der Waals surface area contributed by atoms with Crippen molar-refractivity contribution in [3.63, 3.8) is 0 Å². The fourth-order valence-corrected chi connectivity index (χ4v) is 2.51. The molecule has 0 saturated heterocycles. The van der Waals surface area contributed by atoms with Gasteiger partial charge in [-0.05, 0) is 12.5 Å². The van der Waals surface area contributed by atoms with Gasteiger partial charge in [0.15, 0.2) is 16.6 Å². The van der Waals surface area contributed by atoms with E-state index in [0.29, 0.717) is 11.7 Å². The lowest BCUT2D eigenvalue weighted by atomic mass is 10.1. The zero-order valence-electron chi connectivity index (χ0n) is 11.1. The average molecular weight is 290 g/mol. The zero-order chi connectivity index (χ0) is 14.7. The second-order valence-corrected chi connectivity index (χ2v) is 5.40. The Bertz CT molecular complexity index is 615. The van der Waals surface area contributed by atoms with Gasteiger partial charge in [0.25, 0.3) is 0 Å². The number of anilines is 1. The first-order valence-electron chi connectivity index (χ1n) is 6.02. The Labute approximate surface area is 120 Å². The van der Waals surface area contributed by atoms with Crippen LogP contribution in [0.2, 0.25) is 0 Å². The van der Waals surface area contributed by atoms with Gasteiger partial charge in [-0.25, -0.2) is 9.78 Å². The van der Waals surface area contributed by atoms with Gasteiger partial charge in [0, 0.05) is 13.5 Å². The molecule has 1 heterocycles. The highest BCUT2D eigenvalue weighted by molar-refractivity contribution is 7.17. The third kappa shape index (κ3) is 3.21. The van der Waals surface area contributed by atoms with Crippen LogP contribution in [-0.2, 0) is 6.54 Å². The number of nitrogens with zero attached hydrogens (tertiary/aromatic N) is 1. The number of rotatable bonds is 5. The maximum Gasteiger partial charge on any atom is 0.356 e. The molecule has 6 heteroatoms. The molecule has 1 aromatic heterocycles. The molecular formula is C14H14N2O3S. The van der Waals surface area contributed by atoms with Crippen LogP contribution in [0.25, 0.3) is 0 Å². The van der Waals surface area contributed by atoms with Crippen LogP contribution >= 0.6 is 11.3 Å². The van der Waals surface area contributed by atoms with Crippen LogP contribution in [0.1, 0.15) is 38.2 Å². The van der Waals surface area contributed by atoms with Crippen LogP contribution < -0.4 is 5.32 Å². The normalized spacial score (nSPS) is 10.3. The minimum atomic E-state index is -1.19. The summed E-state index contributed by atoms with van der Waals surface area (Å²) in [5.41, 5.74) is 2.05. The topological polar surface area (TPSA) is 79.3 Å². The summed E-state index contributed by atoms with van der Waals surface area (Å²) in [6.07, 6.45) is 0. The van der Waals surface area contributed by atoms with Gasteiger partial charge in [-0.1, -0.05) is 41.2 Å². The Hall–Kier alpha value is -2.21. The average Bonchev–Trinajstić information content (AvgIpc) is 2.83. The number of aromatic nitrogens is 1. The summed E-state index contributed by atoms with van der Waals surface area (Å²) in [4.78, 5) is 26.5. The van der Waals surface area contributed by atoms with Crippen molar-refractivity contribution in [3.8, 4) is 0 Å². The van der Waals surface area contributed by atoms with Gasteiger partial charge in [-0.15, -0.1) is 0 Å². The van der Waals surface area contributed by atoms with E-state index in [9.17, 15) is 9.59 Å². The molecule has 20 heavy (non-hydrogen) atoms. The number of hydrogen-bond donors (Lipinski definition) is 2. The monoisotopic (exact) mass is 290 g/mol. The minimum Gasteiger partial charge on any atom is -0.476 e. The van der Waals surface area contributed by atoms with Gasteiger partial charge in [-0.2, -0.15) is 0 Å². The standard InChI is InChI=1S/C14H14N2O3S/c1-8-3-5-10(6-4-8)7-15-14-16-11(13(18)19)12(20-14)9(2)17/h3-6H,7H2,1-2H3,(H,15,16)(H,18,19). The lowest BCUT2D eigenvalue weighted by molar-refractivity contribution is 0.0687. The van der Waals surface area contributed by atoms with Crippen molar-refractivity contribution in [2.24, 2.45) is 0 Å². The SMILES string of the molecule is CC(=O)c1sc(NCc2ccc(C)cc2)nc1C(=O)O. The van der Waals surface area contributed by atoms with Crippen molar-refractivity contribution in [2.45, 2.75) is 20.4 Å². The van der Waals surface area contributed by atoms with Crippen molar-refractivity contribution in [1.29, 1.82) is 0 Å². The molecule has 0 aliphatic heterocycles. The Morgan fingerprint density at radius 1 is 1.30 bits per heavy atom. The number of thiazole rings is 1. The Kier molecular flexibility index (Phi) is 4.14. The number of carboxylic acids is 1. The first kappa shape index (κ1) is 14.2. The van der Waals surface area contributed by atoms with E-state index < -0.39 is 5.97 Å². The summed E-state index contributed by atoms with van der Waals surface area (Å²) in [5, 5.41) is 12.5. The molecule has 0 aliphatic rings. The van der Waals surface area contributed by atoms with Crippen LogP contribution in [0.3, 0.4) is 0 Å². The predicted molar refractivity (Wildman–Crippen MR) is 77.6 cm³/mol.